The van der Waals surface area contributed by atoms with Crippen molar-refractivity contribution in [2.24, 2.45) is 0 Å². The Labute approximate surface area is 179 Å². The molecule has 2 N–H and O–H groups in total. The molecule has 1 saturated heterocycles. The minimum Gasteiger partial charge on any atom is -0.380 e. The van der Waals surface area contributed by atoms with Crippen molar-refractivity contribution in [1.29, 1.82) is 0 Å². The lowest BCUT2D eigenvalue weighted by molar-refractivity contribution is -0.137. The number of aryl methyl sites for hydroxylation is 1. The Hall–Kier alpha value is -2.22. The van der Waals surface area contributed by atoms with Crippen LogP contribution >= 0.6 is 0 Å². The molecule has 1 aliphatic rings. The standard InChI is InChI=1S/C23H30N2O4S/c1-17-7-5-6-8-20(17)30(28,29)25-15-13-23(27,14-16-25)21(26)24-19-11-9-18(10-12-19)22(2,3)4/h5-12,27H,13-16H2,1-4H3,(H,24,26). The number of hydrogen-bond donors (Lipinski definition) is 2. The average Bonchev–Trinajstić information content (AvgIpc) is 2.68. The van der Waals surface area contributed by atoms with Crippen molar-refractivity contribution in [3.63, 3.8) is 0 Å². The van der Waals surface area contributed by atoms with Crippen molar-refractivity contribution < 1.29 is 18.3 Å². The van der Waals surface area contributed by atoms with Gasteiger partial charge >= 0.3 is 0 Å². The lowest BCUT2D eigenvalue weighted by atomic mass is 9.87. The molecular weight excluding hydrogens is 400 g/mol. The fourth-order valence-corrected chi connectivity index (χ4v) is 5.28. The number of nitrogens with zero attached hydrogens (tertiary/aromatic N) is 1. The fraction of sp³-hybridized carbons (Fsp3) is 0.435. The first-order valence-electron chi connectivity index (χ1n) is 10.1. The number of sulfonamides is 1. The summed E-state index contributed by atoms with van der Waals surface area (Å²) >= 11 is 0. The lowest BCUT2D eigenvalue weighted by Gasteiger charge is -2.36. The predicted octanol–water partition coefficient (Wildman–Crippen LogP) is 3.45. The van der Waals surface area contributed by atoms with E-state index in [1.54, 1.807) is 31.2 Å². The van der Waals surface area contributed by atoms with Gasteiger partial charge in [0.05, 0.1) is 4.90 Å². The first kappa shape index (κ1) is 22.5. The summed E-state index contributed by atoms with van der Waals surface area (Å²) in [7, 11) is -3.66. The Kier molecular flexibility index (Phi) is 6.09. The summed E-state index contributed by atoms with van der Waals surface area (Å²) in [4.78, 5) is 13.0. The minimum atomic E-state index is -3.66. The van der Waals surface area contributed by atoms with Crippen LogP contribution in [0, 0.1) is 6.92 Å². The van der Waals surface area contributed by atoms with Gasteiger partial charge in [-0.15, -0.1) is 0 Å². The average molecular weight is 431 g/mol. The van der Waals surface area contributed by atoms with Gasteiger partial charge in [-0.05, 0) is 54.5 Å². The summed E-state index contributed by atoms with van der Waals surface area (Å²) < 4.78 is 27.2. The van der Waals surface area contributed by atoms with E-state index >= 15 is 0 Å². The molecule has 0 spiro atoms. The highest BCUT2D eigenvalue weighted by molar-refractivity contribution is 7.89. The molecule has 1 heterocycles. The van der Waals surface area contributed by atoms with Crippen molar-refractivity contribution in [1.82, 2.24) is 4.31 Å². The van der Waals surface area contributed by atoms with Gasteiger partial charge in [0.1, 0.15) is 5.60 Å². The van der Waals surface area contributed by atoms with Crippen molar-refractivity contribution >= 4 is 21.6 Å². The van der Waals surface area contributed by atoms with Gasteiger partial charge in [-0.2, -0.15) is 4.31 Å². The number of carbonyl (C=O) groups excluding carboxylic acids is 1. The van der Waals surface area contributed by atoms with Gasteiger partial charge in [0.15, 0.2) is 0 Å². The van der Waals surface area contributed by atoms with Crippen LogP contribution in [-0.4, -0.2) is 42.4 Å². The van der Waals surface area contributed by atoms with Gasteiger partial charge in [-0.3, -0.25) is 4.79 Å². The highest BCUT2D eigenvalue weighted by Gasteiger charge is 2.42. The van der Waals surface area contributed by atoms with Crippen molar-refractivity contribution in [3.05, 3.63) is 59.7 Å². The van der Waals surface area contributed by atoms with E-state index in [0.717, 1.165) is 5.56 Å². The second-order valence-electron chi connectivity index (χ2n) is 8.98. The molecule has 7 heteroatoms. The zero-order valence-electron chi connectivity index (χ0n) is 18.0. The van der Waals surface area contributed by atoms with Crippen molar-refractivity contribution in [2.45, 2.75) is 56.4 Å². The van der Waals surface area contributed by atoms with Crippen LogP contribution in [0.25, 0.3) is 0 Å². The molecule has 1 amide bonds. The summed E-state index contributed by atoms with van der Waals surface area (Å²) in [5, 5.41) is 13.6. The van der Waals surface area contributed by atoms with E-state index in [2.05, 4.69) is 26.1 Å². The highest BCUT2D eigenvalue weighted by atomic mass is 32.2. The van der Waals surface area contributed by atoms with E-state index in [1.165, 1.54) is 4.31 Å². The van der Waals surface area contributed by atoms with Crippen LogP contribution in [0.15, 0.2) is 53.4 Å². The Morgan fingerprint density at radius 2 is 1.60 bits per heavy atom. The number of amides is 1. The van der Waals surface area contributed by atoms with Crippen LogP contribution < -0.4 is 5.32 Å². The molecule has 2 aromatic carbocycles. The molecule has 162 valence electrons. The van der Waals surface area contributed by atoms with Crippen LogP contribution in [0.2, 0.25) is 0 Å². The van der Waals surface area contributed by atoms with Gasteiger partial charge in [-0.25, -0.2) is 8.42 Å². The van der Waals surface area contributed by atoms with Gasteiger partial charge in [0.2, 0.25) is 10.0 Å². The molecule has 0 aromatic heterocycles. The van der Waals surface area contributed by atoms with Crippen molar-refractivity contribution in [2.75, 3.05) is 18.4 Å². The van der Waals surface area contributed by atoms with E-state index in [1.807, 2.05) is 24.3 Å². The number of piperidine rings is 1. The van der Waals surface area contributed by atoms with Gasteiger partial charge in [-0.1, -0.05) is 51.1 Å². The maximum atomic E-state index is 12.9. The van der Waals surface area contributed by atoms with Gasteiger partial charge in [0, 0.05) is 18.8 Å². The van der Waals surface area contributed by atoms with E-state index in [9.17, 15) is 18.3 Å². The third-order valence-corrected chi connectivity index (χ3v) is 7.75. The van der Waals surface area contributed by atoms with Crippen LogP contribution in [0.3, 0.4) is 0 Å². The molecule has 3 rings (SSSR count). The summed E-state index contributed by atoms with van der Waals surface area (Å²) in [6.07, 6.45) is 0.0913. The number of aliphatic hydroxyl groups is 1. The molecular formula is C23H30N2O4S. The van der Waals surface area contributed by atoms with Gasteiger partial charge < -0.3 is 10.4 Å². The Balaban J connectivity index is 1.67. The summed E-state index contributed by atoms with van der Waals surface area (Å²) in [6, 6.07) is 14.4. The monoisotopic (exact) mass is 430 g/mol. The SMILES string of the molecule is Cc1ccccc1S(=O)(=O)N1CCC(O)(C(=O)Nc2ccc(C(C)(C)C)cc2)CC1. The van der Waals surface area contributed by atoms with E-state index in [4.69, 9.17) is 0 Å². The molecule has 1 fully saturated rings. The maximum Gasteiger partial charge on any atom is 0.256 e. The third-order valence-electron chi connectivity index (χ3n) is 5.69. The number of nitrogens with one attached hydrogen (secondary N) is 1. The zero-order chi connectivity index (χ0) is 22.2. The molecule has 0 radical (unpaired) electrons. The first-order valence-corrected chi connectivity index (χ1v) is 11.6. The zero-order valence-corrected chi connectivity index (χ0v) is 18.8. The lowest BCUT2D eigenvalue weighted by Crippen LogP contribution is -2.52. The molecule has 30 heavy (non-hydrogen) atoms. The van der Waals surface area contributed by atoms with Crippen LogP contribution in [0.4, 0.5) is 5.69 Å². The second-order valence-corrected chi connectivity index (χ2v) is 10.9. The fourth-order valence-electron chi connectivity index (χ4n) is 3.61. The van der Waals surface area contributed by atoms with Crippen molar-refractivity contribution in [3.8, 4) is 0 Å². The van der Waals surface area contributed by atoms with Crippen LogP contribution in [0.1, 0.15) is 44.7 Å². The molecule has 1 aliphatic heterocycles. The Morgan fingerprint density at radius 1 is 1.03 bits per heavy atom. The number of benzene rings is 2. The van der Waals surface area contributed by atoms with E-state index in [0.29, 0.717) is 11.3 Å². The van der Waals surface area contributed by atoms with Crippen LogP contribution in [0.5, 0.6) is 0 Å². The van der Waals surface area contributed by atoms with Gasteiger partial charge in [0.25, 0.3) is 5.91 Å². The summed E-state index contributed by atoms with van der Waals surface area (Å²) in [6.45, 7) is 8.27. The number of carbonyl (C=O) groups is 1. The molecule has 0 bridgehead atoms. The third kappa shape index (κ3) is 4.58. The normalized spacial score (nSPS) is 17.5. The highest BCUT2D eigenvalue weighted by Crippen LogP contribution is 2.29. The second kappa shape index (κ2) is 8.13. The maximum absolute atomic E-state index is 12.9. The molecule has 0 saturated carbocycles. The Bertz CT molecular complexity index is 1020. The summed E-state index contributed by atoms with van der Waals surface area (Å²) in [5.74, 6) is -0.501. The quantitative estimate of drug-likeness (QED) is 0.778. The van der Waals surface area contributed by atoms with E-state index < -0.39 is 21.5 Å². The molecule has 0 atom stereocenters. The number of anilines is 1. The predicted molar refractivity (Wildman–Crippen MR) is 118 cm³/mol. The number of rotatable bonds is 4. The molecule has 0 aliphatic carbocycles. The van der Waals surface area contributed by atoms with Crippen LogP contribution in [-0.2, 0) is 20.2 Å². The Morgan fingerprint density at radius 3 is 2.13 bits per heavy atom. The van der Waals surface area contributed by atoms with E-state index in [-0.39, 0.29) is 36.2 Å². The smallest absolute Gasteiger partial charge is 0.256 e. The first-order chi connectivity index (χ1) is 13.9. The largest absolute Gasteiger partial charge is 0.380 e. The topological polar surface area (TPSA) is 86.7 Å². The summed E-state index contributed by atoms with van der Waals surface area (Å²) in [5.41, 5.74) is 0.844. The molecule has 0 unspecified atom stereocenters. The molecule has 6 nitrogen and oxygen atoms in total. The minimum absolute atomic E-state index is 0.0101. The molecule has 2 aromatic rings. The number of hydrogen-bond acceptors (Lipinski definition) is 4.